The first-order valence-electron chi connectivity index (χ1n) is 5.09. The second-order valence-electron chi connectivity index (χ2n) is 4.42. The highest BCUT2D eigenvalue weighted by Gasteiger charge is 2.33. The van der Waals surface area contributed by atoms with Gasteiger partial charge in [0.1, 0.15) is 0 Å². The molecule has 1 saturated heterocycles. The van der Waals surface area contributed by atoms with Crippen molar-refractivity contribution in [1.82, 2.24) is 4.90 Å². The average Bonchev–Trinajstić information content (AvgIpc) is 2.43. The first-order chi connectivity index (χ1) is 6.50. The fourth-order valence-electron chi connectivity index (χ4n) is 1.85. The topological polar surface area (TPSA) is 40.5 Å². The fourth-order valence-corrected chi connectivity index (χ4v) is 1.85. The largest absolute Gasteiger partial charge is 0.481 e. The molecule has 0 unspecified atom stereocenters. The van der Waals surface area contributed by atoms with E-state index in [0.29, 0.717) is 6.54 Å². The maximum atomic E-state index is 10.9. The Hall–Kier alpha value is -0.830. The normalized spacial score (nSPS) is 27.6. The quantitative estimate of drug-likeness (QED) is 0.699. The lowest BCUT2D eigenvalue weighted by Crippen LogP contribution is -2.23. The zero-order valence-corrected chi connectivity index (χ0v) is 9.16. The van der Waals surface area contributed by atoms with Crippen LogP contribution >= 0.6 is 0 Å². The Balaban J connectivity index is 2.47. The number of carboxylic acid groups (broad SMARTS) is 1. The summed E-state index contributed by atoms with van der Waals surface area (Å²) in [5.74, 6) is -0.559. The summed E-state index contributed by atoms with van der Waals surface area (Å²) < 4.78 is 0. The Morgan fingerprint density at radius 2 is 2.14 bits per heavy atom. The number of rotatable bonds is 3. The third-order valence-electron chi connectivity index (χ3n) is 2.76. The molecule has 80 valence electrons. The van der Waals surface area contributed by atoms with Gasteiger partial charge in [0.05, 0.1) is 5.92 Å². The molecular formula is C11H19NO2. The summed E-state index contributed by atoms with van der Waals surface area (Å²) in [7, 11) is 0. The number of hydrogen-bond acceptors (Lipinski definition) is 2. The molecule has 0 aromatic heterocycles. The molecule has 1 rings (SSSR count). The van der Waals surface area contributed by atoms with E-state index in [4.69, 9.17) is 5.11 Å². The molecule has 1 heterocycles. The van der Waals surface area contributed by atoms with Crippen LogP contribution in [0, 0.1) is 11.8 Å². The van der Waals surface area contributed by atoms with Gasteiger partial charge in [-0.2, -0.15) is 0 Å². The molecule has 0 aromatic rings. The molecule has 3 heteroatoms. The van der Waals surface area contributed by atoms with Crippen molar-refractivity contribution in [2.24, 2.45) is 11.8 Å². The second kappa shape index (κ2) is 4.60. The van der Waals surface area contributed by atoms with Crippen LogP contribution in [0.1, 0.15) is 20.8 Å². The molecule has 0 amide bonds. The SMILES string of the molecule is CC(C)=CCN1C[C@@H](C)[C@H](C(=O)O)C1. The predicted octanol–water partition coefficient (Wildman–Crippen LogP) is 1.61. The van der Waals surface area contributed by atoms with Crippen molar-refractivity contribution in [2.45, 2.75) is 20.8 Å². The van der Waals surface area contributed by atoms with E-state index in [1.807, 2.05) is 6.92 Å². The van der Waals surface area contributed by atoms with Gasteiger partial charge in [-0.3, -0.25) is 9.69 Å². The Morgan fingerprint density at radius 1 is 1.50 bits per heavy atom. The molecule has 14 heavy (non-hydrogen) atoms. The van der Waals surface area contributed by atoms with E-state index in [9.17, 15) is 4.79 Å². The average molecular weight is 197 g/mol. The van der Waals surface area contributed by atoms with Crippen molar-refractivity contribution in [2.75, 3.05) is 19.6 Å². The summed E-state index contributed by atoms with van der Waals surface area (Å²) in [6.45, 7) is 8.63. The van der Waals surface area contributed by atoms with Gasteiger partial charge < -0.3 is 5.11 Å². The molecule has 0 aromatic carbocycles. The number of aliphatic carboxylic acids is 1. The Kier molecular flexibility index (Phi) is 3.69. The van der Waals surface area contributed by atoms with Gasteiger partial charge in [0, 0.05) is 19.6 Å². The van der Waals surface area contributed by atoms with Gasteiger partial charge in [-0.05, 0) is 19.8 Å². The van der Waals surface area contributed by atoms with Crippen molar-refractivity contribution >= 4 is 5.97 Å². The summed E-state index contributed by atoms with van der Waals surface area (Å²) >= 11 is 0. The lowest BCUT2D eigenvalue weighted by atomic mass is 9.99. The van der Waals surface area contributed by atoms with Crippen LogP contribution < -0.4 is 0 Å². The fraction of sp³-hybridized carbons (Fsp3) is 0.727. The second-order valence-corrected chi connectivity index (χ2v) is 4.42. The molecule has 0 radical (unpaired) electrons. The summed E-state index contributed by atoms with van der Waals surface area (Å²) in [4.78, 5) is 13.1. The molecule has 2 atom stereocenters. The van der Waals surface area contributed by atoms with Crippen LogP contribution in [0.15, 0.2) is 11.6 Å². The highest BCUT2D eigenvalue weighted by atomic mass is 16.4. The molecule has 1 N–H and O–H groups in total. The van der Waals surface area contributed by atoms with Gasteiger partial charge >= 0.3 is 5.97 Å². The summed E-state index contributed by atoms with van der Waals surface area (Å²) in [5.41, 5.74) is 1.29. The van der Waals surface area contributed by atoms with Crippen LogP contribution in [-0.4, -0.2) is 35.6 Å². The van der Waals surface area contributed by atoms with Crippen molar-refractivity contribution in [3.8, 4) is 0 Å². The molecule has 0 spiro atoms. The standard InChI is InChI=1S/C11H19NO2/c1-8(2)4-5-12-6-9(3)10(7-12)11(13)14/h4,9-10H,5-7H2,1-3H3,(H,13,14)/t9-,10-/m1/s1. The number of carboxylic acids is 1. The van der Waals surface area contributed by atoms with Crippen molar-refractivity contribution < 1.29 is 9.90 Å². The molecule has 1 fully saturated rings. The number of nitrogens with zero attached hydrogens (tertiary/aromatic N) is 1. The highest BCUT2D eigenvalue weighted by Crippen LogP contribution is 2.22. The third-order valence-corrected chi connectivity index (χ3v) is 2.76. The zero-order chi connectivity index (χ0) is 10.7. The van der Waals surface area contributed by atoms with E-state index in [1.54, 1.807) is 0 Å². The monoisotopic (exact) mass is 197 g/mol. The first kappa shape index (κ1) is 11.2. The van der Waals surface area contributed by atoms with E-state index in [1.165, 1.54) is 5.57 Å². The number of allylic oxidation sites excluding steroid dienone is 1. The highest BCUT2D eigenvalue weighted by molar-refractivity contribution is 5.71. The lowest BCUT2D eigenvalue weighted by molar-refractivity contribution is -0.142. The van der Waals surface area contributed by atoms with Gasteiger partial charge in [-0.15, -0.1) is 0 Å². The molecule has 1 aliphatic heterocycles. The van der Waals surface area contributed by atoms with E-state index < -0.39 is 5.97 Å². The zero-order valence-electron chi connectivity index (χ0n) is 9.16. The summed E-state index contributed by atoms with van der Waals surface area (Å²) in [5, 5.41) is 8.94. The maximum absolute atomic E-state index is 10.9. The number of hydrogen-bond donors (Lipinski definition) is 1. The van der Waals surface area contributed by atoms with Gasteiger partial charge in [-0.25, -0.2) is 0 Å². The van der Waals surface area contributed by atoms with Crippen molar-refractivity contribution in [3.63, 3.8) is 0 Å². The van der Waals surface area contributed by atoms with Gasteiger partial charge in [-0.1, -0.05) is 18.6 Å². The Morgan fingerprint density at radius 3 is 2.57 bits per heavy atom. The van der Waals surface area contributed by atoms with Gasteiger partial charge in [0.25, 0.3) is 0 Å². The van der Waals surface area contributed by atoms with E-state index in [-0.39, 0.29) is 11.8 Å². The summed E-state index contributed by atoms with van der Waals surface area (Å²) in [6, 6.07) is 0. The molecule has 0 saturated carbocycles. The van der Waals surface area contributed by atoms with E-state index >= 15 is 0 Å². The van der Waals surface area contributed by atoms with Crippen molar-refractivity contribution in [3.05, 3.63) is 11.6 Å². The molecule has 0 bridgehead atoms. The van der Waals surface area contributed by atoms with Crippen LogP contribution in [0.5, 0.6) is 0 Å². The van der Waals surface area contributed by atoms with Crippen LogP contribution in [0.25, 0.3) is 0 Å². The van der Waals surface area contributed by atoms with Crippen LogP contribution in [0.4, 0.5) is 0 Å². The third kappa shape index (κ3) is 2.84. The molecule has 0 aliphatic carbocycles. The Labute approximate surface area is 85.4 Å². The van der Waals surface area contributed by atoms with E-state index in [0.717, 1.165) is 13.1 Å². The molecular weight excluding hydrogens is 178 g/mol. The first-order valence-corrected chi connectivity index (χ1v) is 5.09. The lowest BCUT2D eigenvalue weighted by Gasteiger charge is -2.12. The molecule has 3 nitrogen and oxygen atoms in total. The number of likely N-dealkylation sites (tertiary alicyclic amines) is 1. The van der Waals surface area contributed by atoms with Crippen molar-refractivity contribution in [1.29, 1.82) is 0 Å². The minimum absolute atomic E-state index is 0.180. The van der Waals surface area contributed by atoms with E-state index in [2.05, 4.69) is 24.8 Å². The summed E-state index contributed by atoms with van der Waals surface area (Å²) in [6.07, 6.45) is 2.15. The minimum Gasteiger partial charge on any atom is -0.481 e. The predicted molar refractivity (Wildman–Crippen MR) is 56.2 cm³/mol. The maximum Gasteiger partial charge on any atom is 0.308 e. The van der Waals surface area contributed by atoms with Crippen LogP contribution in [0.2, 0.25) is 0 Å². The van der Waals surface area contributed by atoms with Gasteiger partial charge in [0.2, 0.25) is 0 Å². The molecule has 1 aliphatic rings. The smallest absolute Gasteiger partial charge is 0.308 e. The minimum atomic E-state index is -0.655. The van der Waals surface area contributed by atoms with Gasteiger partial charge in [0.15, 0.2) is 0 Å². The van der Waals surface area contributed by atoms with Crippen LogP contribution in [0.3, 0.4) is 0 Å². The van der Waals surface area contributed by atoms with Crippen LogP contribution in [-0.2, 0) is 4.79 Å². The number of carbonyl (C=O) groups is 1. The Bertz CT molecular complexity index is 244.